The van der Waals surface area contributed by atoms with Crippen LogP contribution < -0.4 is 5.32 Å². The van der Waals surface area contributed by atoms with Gasteiger partial charge in [-0.3, -0.25) is 4.98 Å². The van der Waals surface area contributed by atoms with Crippen molar-refractivity contribution in [2.45, 2.75) is 6.42 Å². The van der Waals surface area contributed by atoms with Crippen molar-refractivity contribution in [3.05, 3.63) is 30.4 Å². The molecule has 0 amide bonds. The van der Waals surface area contributed by atoms with Gasteiger partial charge in [-0.15, -0.1) is 0 Å². The van der Waals surface area contributed by atoms with E-state index >= 15 is 0 Å². The molecular weight excluding hydrogens is 192 g/mol. The lowest BCUT2D eigenvalue weighted by atomic mass is 10.3. The fourth-order valence-electron chi connectivity index (χ4n) is 1.20. The molecule has 0 aliphatic carbocycles. The van der Waals surface area contributed by atoms with Gasteiger partial charge in [0.25, 0.3) is 5.89 Å². The fraction of sp³-hybridized carbons (Fsp3) is 0.300. The van der Waals surface area contributed by atoms with Gasteiger partial charge in [-0.25, -0.2) is 0 Å². The van der Waals surface area contributed by atoms with E-state index in [1.165, 1.54) is 0 Å². The molecule has 0 aliphatic rings. The van der Waals surface area contributed by atoms with E-state index in [0.717, 1.165) is 24.4 Å². The number of nitrogens with zero attached hydrogens (tertiary/aromatic N) is 3. The Morgan fingerprint density at radius 2 is 2.13 bits per heavy atom. The Balaban J connectivity index is 2.14. The van der Waals surface area contributed by atoms with E-state index in [2.05, 4.69) is 20.4 Å². The third kappa shape index (κ3) is 2.38. The summed E-state index contributed by atoms with van der Waals surface area (Å²) in [6.07, 6.45) is 4.17. The Labute approximate surface area is 87.5 Å². The predicted molar refractivity (Wildman–Crippen MR) is 55.2 cm³/mol. The summed E-state index contributed by atoms with van der Waals surface area (Å²) in [5.41, 5.74) is 0.896. The van der Waals surface area contributed by atoms with Crippen molar-refractivity contribution in [3.63, 3.8) is 0 Å². The van der Waals surface area contributed by atoms with Gasteiger partial charge in [-0.05, 0) is 19.2 Å². The van der Waals surface area contributed by atoms with Gasteiger partial charge in [0.1, 0.15) is 0 Å². The molecule has 0 fully saturated rings. The maximum atomic E-state index is 5.13. The molecule has 2 rings (SSSR count). The van der Waals surface area contributed by atoms with Crippen molar-refractivity contribution in [2.75, 3.05) is 13.6 Å². The summed E-state index contributed by atoms with van der Waals surface area (Å²) >= 11 is 0. The normalized spacial score (nSPS) is 10.5. The molecule has 2 aromatic rings. The van der Waals surface area contributed by atoms with Crippen molar-refractivity contribution in [1.82, 2.24) is 20.4 Å². The van der Waals surface area contributed by atoms with E-state index in [1.54, 1.807) is 12.4 Å². The molecule has 0 saturated heterocycles. The zero-order valence-corrected chi connectivity index (χ0v) is 8.47. The summed E-state index contributed by atoms with van der Waals surface area (Å²) in [5, 5.41) is 6.92. The standard InChI is InChI=1S/C10H12N4O/c1-11-5-4-9-13-10(15-14-9)8-2-6-12-7-3-8/h2-3,6-7,11H,4-5H2,1H3. The van der Waals surface area contributed by atoms with Gasteiger partial charge in [0.2, 0.25) is 0 Å². The molecule has 0 aliphatic heterocycles. The molecule has 0 atom stereocenters. The zero-order chi connectivity index (χ0) is 10.5. The molecule has 0 unspecified atom stereocenters. The number of likely N-dealkylation sites (N-methyl/N-ethyl adjacent to an activating group) is 1. The molecule has 0 radical (unpaired) electrons. The van der Waals surface area contributed by atoms with E-state index in [9.17, 15) is 0 Å². The van der Waals surface area contributed by atoms with Crippen LogP contribution in [0.25, 0.3) is 11.5 Å². The Hall–Kier alpha value is -1.75. The van der Waals surface area contributed by atoms with Gasteiger partial charge < -0.3 is 9.84 Å². The van der Waals surface area contributed by atoms with E-state index < -0.39 is 0 Å². The van der Waals surface area contributed by atoms with Crippen LogP contribution in [0.1, 0.15) is 5.82 Å². The van der Waals surface area contributed by atoms with E-state index in [4.69, 9.17) is 4.52 Å². The number of pyridine rings is 1. The molecule has 5 nitrogen and oxygen atoms in total. The summed E-state index contributed by atoms with van der Waals surface area (Å²) in [6, 6.07) is 3.69. The highest BCUT2D eigenvalue weighted by molar-refractivity contribution is 5.50. The molecule has 0 saturated carbocycles. The third-order valence-corrected chi connectivity index (χ3v) is 1.99. The highest BCUT2D eigenvalue weighted by atomic mass is 16.5. The van der Waals surface area contributed by atoms with Crippen molar-refractivity contribution in [1.29, 1.82) is 0 Å². The lowest BCUT2D eigenvalue weighted by Gasteiger charge is -1.91. The summed E-state index contributed by atoms with van der Waals surface area (Å²) in [5.74, 6) is 1.26. The second kappa shape index (κ2) is 4.65. The van der Waals surface area contributed by atoms with E-state index in [0.29, 0.717) is 5.89 Å². The number of rotatable bonds is 4. The van der Waals surface area contributed by atoms with Crippen LogP contribution in [0.3, 0.4) is 0 Å². The average Bonchev–Trinajstić information content (AvgIpc) is 2.76. The smallest absolute Gasteiger partial charge is 0.258 e. The molecule has 78 valence electrons. The van der Waals surface area contributed by atoms with Gasteiger partial charge in [0, 0.05) is 30.9 Å². The monoisotopic (exact) mass is 204 g/mol. The van der Waals surface area contributed by atoms with Gasteiger partial charge in [-0.1, -0.05) is 5.16 Å². The molecule has 0 spiro atoms. The highest BCUT2D eigenvalue weighted by Crippen LogP contribution is 2.15. The van der Waals surface area contributed by atoms with Crippen LogP contribution in [0.15, 0.2) is 29.0 Å². The van der Waals surface area contributed by atoms with E-state index in [1.807, 2.05) is 19.2 Å². The van der Waals surface area contributed by atoms with Crippen LogP contribution >= 0.6 is 0 Å². The van der Waals surface area contributed by atoms with Gasteiger partial charge in [0.05, 0.1) is 0 Å². The minimum Gasteiger partial charge on any atom is -0.334 e. The number of nitrogens with one attached hydrogen (secondary N) is 1. The number of aromatic nitrogens is 3. The maximum Gasteiger partial charge on any atom is 0.258 e. The number of hydrogen-bond acceptors (Lipinski definition) is 5. The summed E-state index contributed by atoms with van der Waals surface area (Å²) in [6.45, 7) is 0.843. The van der Waals surface area contributed by atoms with Crippen molar-refractivity contribution in [2.24, 2.45) is 0 Å². The predicted octanol–water partition coefficient (Wildman–Crippen LogP) is 0.893. The Kier molecular flexibility index (Phi) is 3.04. The number of hydrogen-bond donors (Lipinski definition) is 1. The summed E-state index contributed by atoms with van der Waals surface area (Å²) < 4.78 is 5.13. The molecular formula is C10H12N4O. The van der Waals surface area contributed by atoms with Crippen LogP contribution in [-0.4, -0.2) is 28.7 Å². The molecule has 2 heterocycles. The van der Waals surface area contributed by atoms with Crippen LogP contribution in [0.4, 0.5) is 0 Å². The van der Waals surface area contributed by atoms with E-state index in [-0.39, 0.29) is 0 Å². The Morgan fingerprint density at radius 3 is 2.87 bits per heavy atom. The maximum absolute atomic E-state index is 5.13. The third-order valence-electron chi connectivity index (χ3n) is 1.99. The lowest BCUT2D eigenvalue weighted by molar-refractivity contribution is 0.422. The summed E-state index contributed by atoms with van der Waals surface area (Å²) in [4.78, 5) is 8.20. The second-order valence-electron chi connectivity index (χ2n) is 3.11. The van der Waals surface area contributed by atoms with Crippen molar-refractivity contribution < 1.29 is 4.52 Å². The zero-order valence-electron chi connectivity index (χ0n) is 8.47. The van der Waals surface area contributed by atoms with Crippen molar-refractivity contribution in [3.8, 4) is 11.5 Å². The average molecular weight is 204 g/mol. The molecule has 0 bridgehead atoms. The molecule has 2 aromatic heterocycles. The van der Waals surface area contributed by atoms with Gasteiger partial charge in [0.15, 0.2) is 5.82 Å². The lowest BCUT2D eigenvalue weighted by Crippen LogP contribution is -2.10. The van der Waals surface area contributed by atoms with Gasteiger partial charge in [-0.2, -0.15) is 4.98 Å². The van der Waals surface area contributed by atoms with Crippen LogP contribution in [0, 0.1) is 0 Å². The van der Waals surface area contributed by atoms with Crippen LogP contribution in [0.2, 0.25) is 0 Å². The van der Waals surface area contributed by atoms with Crippen LogP contribution in [0.5, 0.6) is 0 Å². The minimum atomic E-state index is 0.545. The Morgan fingerprint density at radius 1 is 1.33 bits per heavy atom. The fourth-order valence-corrected chi connectivity index (χ4v) is 1.20. The quantitative estimate of drug-likeness (QED) is 0.801. The first kappa shape index (κ1) is 9.79. The van der Waals surface area contributed by atoms with Crippen LogP contribution in [-0.2, 0) is 6.42 Å². The molecule has 0 aromatic carbocycles. The van der Waals surface area contributed by atoms with Crippen molar-refractivity contribution >= 4 is 0 Å². The first-order chi connectivity index (χ1) is 7.40. The minimum absolute atomic E-state index is 0.545. The summed E-state index contributed by atoms with van der Waals surface area (Å²) in [7, 11) is 1.89. The molecule has 15 heavy (non-hydrogen) atoms. The SMILES string of the molecule is CNCCc1noc(-c2ccncc2)n1. The molecule has 1 N–H and O–H groups in total. The molecule has 5 heteroatoms. The topological polar surface area (TPSA) is 63.8 Å². The van der Waals surface area contributed by atoms with Gasteiger partial charge >= 0.3 is 0 Å². The Bertz CT molecular complexity index is 412. The second-order valence-corrected chi connectivity index (χ2v) is 3.11. The highest BCUT2D eigenvalue weighted by Gasteiger charge is 2.07. The first-order valence-corrected chi connectivity index (χ1v) is 4.78. The first-order valence-electron chi connectivity index (χ1n) is 4.78. The largest absolute Gasteiger partial charge is 0.334 e.